The summed E-state index contributed by atoms with van der Waals surface area (Å²) in [7, 11) is 0. The molecule has 0 saturated heterocycles. The molecule has 0 atom stereocenters. The van der Waals surface area contributed by atoms with E-state index in [1.165, 1.54) is 0 Å². The van der Waals surface area contributed by atoms with Gasteiger partial charge in [0.05, 0.1) is 10.6 Å². The maximum atomic E-state index is 12.2. The Morgan fingerprint density at radius 1 is 1.16 bits per heavy atom. The fraction of sp³-hybridized carbons (Fsp3) is 0.133. The third-order valence-corrected chi connectivity index (χ3v) is 3.28. The molecule has 2 rings (SSSR count). The van der Waals surface area contributed by atoms with Gasteiger partial charge in [-0.2, -0.15) is 0 Å². The molecule has 19 heavy (non-hydrogen) atoms. The first-order chi connectivity index (χ1) is 8.99. The lowest BCUT2D eigenvalue weighted by Crippen LogP contribution is -2.14. The minimum atomic E-state index is -0.255. The van der Waals surface area contributed by atoms with Crippen LogP contribution < -0.4 is 11.1 Å². The highest BCUT2D eigenvalue weighted by Crippen LogP contribution is 2.23. The molecule has 0 aliphatic heterocycles. The van der Waals surface area contributed by atoms with E-state index in [9.17, 15) is 4.79 Å². The number of carbonyl (C=O) groups is 1. The molecular formula is C15H15ClN2O. The first kappa shape index (κ1) is 13.4. The van der Waals surface area contributed by atoms with E-state index >= 15 is 0 Å². The van der Waals surface area contributed by atoms with Crippen molar-refractivity contribution in [2.75, 3.05) is 11.1 Å². The molecule has 0 saturated carbocycles. The fourth-order valence-electron chi connectivity index (χ4n) is 1.91. The number of hydrogen-bond donors (Lipinski definition) is 2. The Morgan fingerprint density at radius 3 is 2.42 bits per heavy atom. The summed E-state index contributed by atoms with van der Waals surface area (Å²) in [6.45, 7) is 3.90. The molecule has 0 aliphatic carbocycles. The number of amides is 1. The number of nitrogens with one attached hydrogen (secondary N) is 1. The van der Waals surface area contributed by atoms with Crippen molar-refractivity contribution in [2.24, 2.45) is 0 Å². The molecule has 0 radical (unpaired) electrons. The van der Waals surface area contributed by atoms with Crippen molar-refractivity contribution in [3.05, 3.63) is 58.1 Å². The molecule has 2 aromatic rings. The van der Waals surface area contributed by atoms with Gasteiger partial charge in [0.1, 0.15) is 0 Å². The number of nitrogens with two attached hydrogens (primary N) is 1. The van der Waals surface area contributed by atoms with Crippen LogP contribution >= 0.6 is 11.6 Å². The van der Waals surface area contributed by atoms with Crippen molar-refractivity contribution in [3.8, 4) is 0 Å². The molecular weight excluding hydrogens is 260 g/mol. The lowest BCUT2D eigenvalue weighted by atomic mass is 10.1. The summed E-state index contributed by atoms with van der Waals surface area (Å²) in [5.74, 6) is -0.255. The molecule has 0 aromatic heterocycles. The van der Waals surface area contributed by atoms with Gasteiger partial charge in [0.15, 0.2) is 0 Å². The number of carbonyl (C=O) groups excluding carboxylic acids is 1. The van der Waals surface area contributed by atoms with E-state index in [1.807, 2.05) is 32.0 Å². The lowest BCUT2D eigenvalue weighted by molar-refractivity contribution is 0.102. The molecule has 0 bridgehead atoms. The van der Waals surface area contributed by atoms with E-state index < -0.39 is 0 Å². The van der Waals surface area contributed by atoms with Crippen molar-refractivity contribution < 1.29 is 4.79 Å². The SMILES string of the molecule is Cc1cccc(C)c1NC(=O)c1cc(N)ccc1Cl. The van der Waals surface area contributed by atoms with Gasteiger partial charge in [-0.1, -0.05) is 29.8 Å². The minimum Gasteiger partial charge on any atom is -0.399 e. The van der Waals surface area contributed by atoms with Crippen LogP contribution in [0.4, 0.5) is 11.4 Å². The van der Waals surface area contributed by atoms with Crippen LogP contribution in [0.3, 0.4) is 0 Å². The first-order valence-corrected chi connectivity index (χ1v) is 6.29. The van der Waals surface area contributed by atoms with Crippen molar-refractivity contribution in [1.29, 1.82) is 0 Å². The summed E-state index contributed by atoms with van der Waals surface area (Å²) in [5, 5.41) is 3.27. The standard InChI is InChI=1S/C15H15ClN2O/c1-9-4-3-5-10(2)14(9)18-15(19)12-8-11(17)6-7-13(12)16/h3-8H,17H2,1-2H3,(H,18,19). The van der Waals surface area contributed by atoms with Gasteiger partial charge in [0.2, 0.25) is 0 Å². The van der Waals surface area contributed by atoms with Gasteiger partial charge in [-0.15, -0.1) is 0 Å². The number of anilines is 2. The topological polar surface area (TPSA) is 55.1 Å². The van der Waals surface area contributed by atoms with Gasteiger partial charge < -0.3 is 11.1 Å². The van der Waals surface area contributed by atoms with Crippen molar-refractivity contribution in [3.63, 3.8) is 0 Å². The molecule has 4 heteroatoms. The van der Waals surface area contributed by atoms with Crippen LogP contribution in [0, 0.1) is 13.8 Å². The van der Waals surface area contributed by atoms with E-state index in [2.05, 4.69) is 5.32 Å². The number of benzene rings is 2. The number of nitrogen functional groups attached to an aromatic ring is 1. The van der Waals surface area contributed by atoms with Gasteiger partial charge in [-0.3, -0.25) is 4.79 Å². The zero-order valence-electron chi connectivity index (χ0n) is 10.8. The van der Waals surface area contributed by atoms with Crippen LogP contribution in [-0.4, -0.2) is 5.91 Å². The molecule has 98 valence electrons. The average Bonchev–Trinajstić information content (AvgIpc) is 2.37. The van der Waals surface area contributed by atoms with Gasteiger partial charge in [0.25, 0.3) is 5.91 Å². The minimum absolute atomic E-state index is 0.255. The second-order valence-corrected chi connectivity index (χ2v) is 4.87. The molecule has 0 aliphatic rings. The number of rotatable bonds is 2. The monoisotopic (exact) mass is 274 g/mol. The Kier molecular flexibility index (Phi) is 3.76. The van der Waals surface area contributed by atoms with Crippen molar-refractivity contribution in [2.45, 2.75) is 13.8 Å². The Hall–Kier alpha value is -2.00. The number of halogens is 1. The Balaban J connectivity index is 2.34. The Labute approximate surface area is 117 Å². The predicted octanol–water partition coefficient (Wildman–Crippen LogP) is 3.79. The van der Waals surface area contributed by atoms with E-state index in [1.54, 1.807) is 18.2 Å². The van der Waals surface area contributed by atoms with Gasteiger partial charge in [0, 0.05) is 11.4 Å². The van der Waals surface area contributed by atoms with Crippen LogP contribution in [0.25, 0.3) is 0 Å². The number of aryl methyl sites for hydroxylation is 2. The number of para-hydroxylation sites is 1. The highest BCUT2D eigenvalue weighted by atomic mass is 35.5. The van der Waals surface area contributed by atoms with Crippen LogP contribution in [-0.2, 0) is 0 Å². The van der Waals surface area contributed by atoms with Crippen LogP contribution in [0.15, 0.2) is 36.4 Å². The lowest BCUT2D eigenvalue weighted by Gasteiger charge is -2.12. The van der Waals surface area contributed by atoms with Gasteiger partial charge in [-0.05, 0) is 43.2 Å². The third-order valence-electron chi connectivity index (χ3n) is 2.95. The molecule has 0 heterocycles. The largest absolute Gasteiger partial charge is 0.399 e. The van der Waals surface area contributed by atoms with Gasteiger partial charge >= 0.3 is 0 Å². The van der Waals surface area contributed by atoms with E-state index in [0.717, 1.165) is 16.8 Å². The molecule has 0 unspecified atom stereocenters. The van der Waals surface area contributed by atoms with Crippen molar-refractivity contribution >= 4 is 28.9 Å². The van der Waals surface area contributed by atoms with E-state index in [0.29, 0.717) is 16.3 Å². The average molecular weight is 275 g/mol. The second kappa shape index (κ2) is 5.33. The summed E-state index contributed by atoms with van der Waals surface area (Å²) in [6, 6.07) is 10.7. The Bertz CT molecular complexity index is 618. The molecule has 2 aromatic carbocycles. The zero-order valence-corrected chi connectivity index (χ0v) is 11.6. The summed E-state index contributed by atoms with van der Waals surface area (Å²) in [4.78, 5) is 12.2. The van der Waals surface area contributed by atoms with E-state index in [4.69, 9.17) is 17.3 Å². The Morgan fingerprint density at radius 2 is 1.79 bits per heavy atom. The predicted molar refractivity (Wildman–Crippen MR) is 79.7 cm³/mol. The molecule has 3 N–H and O–H groups in total. The van der Waals surface area contributed by atoms with Crippen molar-refractivity contribution in [1.82, 2.24) is 0 Å². The molecule has 0 spiro atoms. The maximum absolute atomic E-state index is 12.2. The summed E-state index contributed by atoms with van der Waals surface area (Å²) in [5.41, 5.74) is 9.40. The summed E-state index contributed by atoms with van der Waals surface area (Å²) < 4.78 is 0. The molecule has 3 nitrogen and oxygen atoms in total. The van der Waals surface area contributed by atoms with Gasteiger partial charge in [-0.25, -0.2) is 0 Å². The normalized spacial score (nSPS) is 10.3. The van der Waals surface area contributed by atoms with Crippen LogP contribution in [0.1, 0.15) is 21.5 Å². The third kappa shape index (κ3) is 2.88. The second-order valence-electron chi connectivity index (χ2n) is 4.46. The maximum Gasteiger partial charge on any atom is 0.257 e. The highest BCUT2D eigenvalue weighted by Gasteiger charge is 2.13. The number of hydrogen-bond acceptors (Lipinski definition) is 2. The molecule has 1 amide bonds. The summed E-state index contributed by atoms with van der Waals surface area (Å²) >= 11 is 6.02. The smallest absolute Gasteiger partial charge is 0.257 e. The fourth-order valence-corrected chi connectivity index (χ4v) is 2.11. The van der Waals surface area contributed by atoms with Crippen LogP contribution in [0.5, 0.6) is 0 Å². The van der Waals surface area contributed by atoms with Crippen LogP contribution in [0.2, 0.25) is 5.02 Å². The quantitative estimate of drug-likeness (QED) is 0.819. The zero-order chi connectivity index (χ0) is 14.0. The summed E-state index contributed by atoms with van der Waals surface area (Å²) in [6.07, 6.45) is 0. The van der Waals surface area contributed by atoms with E-state index in [-0.39, 0.29) is 5.91 Å². The molecule has 0 fully saturated rings. The first-order valence-electron chi connectivity index (χ1n) is 5.91. The highest BCUT2D eigenvalue weighted by molar-refractivity contribution is 6.34.